The van der Waals surface area contributed by atoms with Crippen LogP contribution in [0.1, 0.15) is 31.7 Å². The van der Waals surface area contributed by atoms with Crippen molar-refractivity contribution in [2.24, 2.45) is 5.16 Å². The molecule has 10 heteroatoms. The number of hydrogen-bond acceptors (Lipinski definition) is 7. The molecule has 0 saturated carbocycles. The van der Waals surface area contributed by atoms with E-state index in [-0.39, 0.29) is 0 Å². The van der Waals surface area contributed by atoms with Gasteiger partial charge in [-0.05, 0) is 37.6 Å². The van der Waals surface area contributed by atoms with Gasteiger partial charge in [0.05, 0.1) is 11.7 Å². The molecule has 0 aliphatic carbocycles. The molecule has 2 aromatic heterocycles. The van der Waals surface area contributed by atoms with Gasteiger partial charge in [-0.1, -0.05) is 28.9 Å². The summed E-state index contributed by atoms with van der Waals surface area (Å²) in [7, 11) is 0. The summed E-state index contributed by atoms with van der Waals surface area (Å²) in [5, 5.41) is 37.9. The fourth-order valence-electron chi connectivity index (χ4n) is 3.68. The van der Waals surface area contributed by atoms with Crippen molar-refractivity contribution >= 4 is 22.6 Å². The SMILES string of the molecule is CCON=c1nc[nH]c2c1ccn2[C@@H]1O[C@H](C(O)c2ccc(Cl)cc2)[C@@](C)(O)[C@H]1O. The summed E-state index contributed by atoms with van der Waals surface area (Å²) >= 11 is 5.92. The van der Waals surface area contributed by atoms with E-state index in [1.807, 2.05) is 6.92 Å². The summed E-state index contributed by atoms with van der Waals surface area (Å²) in [6.07, 6.45) is -1.37. The van der Waals surface area contributed by atoms with Crippen molar-refractivity contribution in [2.75, 3.05) is 6.61 Å². The molecule has 30 heavy (non-hydrogen) atoms. The largest absolute Gasteiger partial charge is 0.394 e. The molecule has 1 fully saturated rings. The lowest BCUT2D eigenvalue weighted by Crippen LogP contribution is -2.47. The van der Waals surface area contributed by atoms with Crippen molar-refractivity contribution in [2.45, 2.75) is 44.0 Å². The number of H-pyrrole nitrogens is 1. The van der Waals surface area contributed by atoms with E-state index in [2.05, 4.69) is 15.1 Å². The molecule has 3 heterocycles. The Bertz CT molecular complexity index is 1090. The third-order valence-corrected chi connectivity index (χ3v) is 5.58. The second kappa shape index (κ2) is 8.01. The zero-order valence-corrected chi connectivity index (χ0v) is 17.2. The minimum Gasteiger partial charge on any atom is -0.394 e. The Kier molecular flexibility index (Phi) is 5.56. The molecular weight excluding hydrogens is 412 g/mol. The van der Waals surface area contributed by atoms with Crippen LogP contribution < -0.4 is 5.49 Å². The molecule has 0 spiro atoms. The third-order valence-electron chi connectivity index (χ3n) is 5.33. The molecule has 4 rings (SSSR count). The van der Waals surface area contributed by atoms with Crippen LogP contribution in [0.25, 0.3) is 11.0 Å². The molecule has 1 aromatic carbocycles. The van der Waals surface area contributed by atoms with Crippen LogP contribution in [0.3, 0.4) is 0 Å². The summed E-state index contributed by atoms with van der Waals surface area (Å²) in [4.78, 5) is 12.3. The zero-order chi connectivity index (χ0) is 21.5. The van der Waals surface area contributed by atoms with E-state index in [1.54, 1.807) is 41.1 Å². The molecule has 3 aromatic rings. The van der Waals surface area contributed by atoms with Crippen molar-refractivity contribution < 1.29 is 24.9 Å². The highest BCUT2D eigenvalue weighted by Gasteiger charge is 2.55. The Balaban J connectivity index is 1.70. The molecule has 1 aliphatic rings. The number of rotatable bonds is 5. The van der Waals surface area contributed by atoms with Gasteiger partial charge in [-0.3, -0.25) is 0 Å². The first kappa shape index (κ1) is 20.8. The second-order valence-electron chi connectivity index (χ2n) is 7.33. The topological polar surface area (TPSA) is 125 Å². The molecule has 4 N–H and O–H groups in total. The number of benzene rings is 1. The number of aliphatic hydroxyl groups excluding tert-OH is 2. The van der Waals surface area contributed by atoms with Gasteiger partial charge in [-0.2, -0.15) is 0 Å². The first-order valence-corrected chi connectivity index (χ1v) is 9.92. The molecule has 0 amide bonds. The molecule has 1 aliphatic heterocycles. The highest BCUT2D eigenvalue weighted by atomic mass is 35.5. The van der Waals surface area contributed by atoms with Crippen LogP contribution >= 0.6 is 11.6 Å². The zero-order valence-electron chi connectivity index (χ0n) is 16.4. The fraction of sp³-hybridized carbons (Fsp3) is 0.400. The Morgan fingerprint density at radius 2 is 2.10 bits per heavy atom. The summed E-state index contributed by atoms with van der Waals surface area (Å²) < 4.78 is 7.62. The average Bonchev–Trinajstić information content (AvgIpc) is 3.26. The maximum absolute atomic E-state index is 11.0. The maximum atomic E-state index is 11.0. The van der Waals surface area contributed by atoms with Gasteiger partial charge in [-0.25, -0.2) is 4.98 Å². The molecule has 0 bridgehead atoms. The minimum atomic E-state index is -1.72. The van der Waals surface area contributed by atoms with Crippen LogP contribution in [0.5, 0.6) is 0 Å². The Morgan fingerprint density at radius 3 is 2.80 bits per heavy atom. The van der Waals surface area contributed by atoms with Crippen LogP contribution in [0.2, 0.25) is 5.02 Å². The van der Waals surface area contributed by atoms with Gasteiger partial charge in [0.2, 0.25) is 5.49 Å². The normalized spacial score (nSPS) is 28.2. The van der Waals surface area contributed by atoms with Crippen molar-refractivity contribution in [3.8, 4) is 0 Å². The molecule has 160 valence electrons. The molecular formula is C20H23ClN4O5. The smallest absolute Gasteiger partial charge is 0.203 e. The highest BCUT2D eigenvalue weighted by Crippen LogP contribution is 2.43. The van der Waals surface area contributed by atoms with Gasteiger partial charge >= 0.3 is 0 Å². The van der Waals surface area contributed by atoms with Gasteiger partial charge in [-0.15, -0.1) is 0 Å². The van der Waals surface area contributed by atoms with E-state index in [0.717, 1.165) is 0 Å². The van der Waals surface area contributed by atoms with Crippen LogP contribution in [0.15, 0.2) is 48.0 Å². The lowest BCUT2D eigenvalue weighted by Gasteiger charge is -2.29. The Morgan fingerprint density at radius 1 is 1.37 bits per heavy atom. The van der Waals surface area contributed by atoms with Crippen molar-refractivity contribution in [3.63, 3.8) is 0 Å². The van der Waals surface area contributed by atoms with E-state index >= 15 is 0 Å². The molecule has 1 unspecified atom stereocenters. The predicted octanol–water partition coefficient (Wildman–Crippen LogP) is 1.61. The van der Waals surface area contributed by atoms with Crippen LogP contribution in [-0.2, 0) is 9.57 Å². The monoisotopic (exact) mass is 434 g/mol. The summed E-state index contributed by atoms with van der Waals surface area (Å²) in [5.41, 5.74) is -0.249. The molecule has 5 atom stereocenters. The number of aliphatic hydroxyl groups is 3. The lowest BCUT2D eigenvalue weighted by molar-refractivity contribution is -0.115. The average molecular weight is 435 g/mol. The molecule has 0 radical (unpaired) electrons. The van der Waals surface area contributed by atoms with Gasteiger partial charge < -0.3 is 34.4 Å². The van der Waals surface area contributed by atoms with Crippen LogP contribution in [0, 0.1) is 0 Å². The number of nitrogens with zero attached hydrogens (tertiary/aromatic N) is 3. The summed E-state index contributed by atoms with van der Waals surface area (Å²) in [6.45, 7) is 3.66. The number of aromatic nitrogens is 3. The van der Waals surface area contributed by atoms with Gasteiger partial charge in [0.25, 0.3) is 0 Å². The summed E-state index contributed by atoms with van der Waals surface area (Å²) in [5.74, 6) is 0. The first-order valence-electron chi connectivity index (χ1n) is 9.54. The molecule has 1 saturated heterocycles. The van der Waals surface area contributed by atoms with E-state index in [1.165, 1.54) is 13.3 Å². The van der Waals surface area contributed by atoms with Gasteiger partial charge in [0, 0.05) is 11.2 Å². The highest BCUT2D eigenvalue weighted by molar-refractivity contribution is 6.30. The van der Waals surface area contributed by atoms with Gasteiger partial charge in [0.15, 0.2) is 6.23 Å². The van der Waals surface area contributed by atoms with E-state index < -0.39 is 30.1 Å². The van der Waals surface area contributed by atoms with Crippen LogP contribution in [0.4, 0.5) is 0 Å². The number of fused-ring (bicyclic) bond motifs is 1. The molecule has 9 nitrogen and oxygen atoms in total. The number of ether oxygens (including phenoxy) is 1. The fourth-order valence-corrected chi connectivity index (χ4v) is 3.81. The first-order chi connectivity index (χ1) is 14.3. The summed E-state index contributed by atoms with van der Waals surface area (Å²) in [6, 6.07) is 8.34. The number of aromatic amines is 1. The van der Waals surface area contributed by atoms with E-state index in [0.29, 0.717) is 33.7 Å². The van der Waals surface area contributed by atoms with E-state index in [9.17, 15) is 15.3 Å². The van der Waals surface area contributed by atoms with Gasteiger partial charge in [0.1, 0.15) is 36.2 Å². The van der Waals surface area contributed by atoms with Crippen molar-refractivity contribution in [3.05, 3.63) is 58.9 Å². The minimum absolute atomic E-state index is 0.376. The van der Waals surface area contributed by atoms with Crippen molar-refractivity contribution in [1.82, 2.24) is 14.5 Å². The maximum Gasteiger partial charge on any atom is 0.203 e. The number of hydrogen-bond donors (Lipinski definition) is 4. The second-order valence-corrected chi connectivity index (χ2v) is 7.77. The quantitative estimate of drug-likeness (QED) is 0.452. The number of halogens is 1. The van der Waals surface area contributed by atoms with Crippen molar-refractivity contribution in [1.29, 1.82) is 0 Å². The predicted molar refractivity (Wildman–Crippen MR) is 108 cm³/mol. The van der Waals surface area contributed by atoms with E-state index in [4.69, 9.17) is 21.2 Å². The lowest BCUT2D eigenvalue weighted by atomic mass is 9.88. The third kappa shape index (κ3) is 3.48. The number of nitrogens with one attached hydrogen (secondary N) is 1. The van der Waals surface area contributed by atoms with Crippen LogP contribution in [-0.4, -0.2) is 54.3 Å². The Hall–Kier alpha value is -2.43. The Labute approximate surface area is 177 Å². The standard InChI is InChI=1S/C20H23ClN4O5/c1-3-29-24-17-13-8-9-25(18(13)23-10-22-17)19-15(27)20(2,28)16(30-19)14(26)11-4-6-12(21)7-5-11/h4-10,14-16,19,26-28H,3H2,1-2H3,(H,22,23,24)/t14?,15-,16+,19+,20-/m0/s1.